The minimum atomic E-state index is -0.303. The van der Waals surface area contributed by atoms with E-state index < -0.39 is 0 Å². The van der Waals surface area contributed by atoms with Gasteiger partial charge in [-0.25, -0.2) is 0 Å². The predicted molar refractivity (Wildman–Crippen MR) is 155 cm³/mol. The maximum atomic E-state index is 3.76. The molecule has 1 unspecified atom stereocenters. The first-order valence-corrected chi connectivity index (χ1v) is 13.8. The molecule has 1 nitrogen and oxygen atoms in total. The largest absolute Gasteiger partial charge is 0.309 e. The third-order valence-corrected chi connectivity index (χ3v) is 9.38. The Balaban J connectivity index is 1.41. The average Bonchev–Trinajstić information content (AvgIpc) is 3.58. The van der Waals surface area contributed by atoms with Crippen molar-refractivity contribution in [3.05, 3.63) is 155 Å². The van der Waals surface area contributed by atoms with Gasteiger partial charge in [-0.05, 0) is 61.5 Å². The van der Waals surface area contributed by atoms with Crippen LogP contribution in [0.2, 0.25) is 0 Å². The predicted octanol–water partition coefficient (Wildman–Crippen LogP) is 8.53. The van der Waals surface area contributed by atoms with Crippen molar-refractivity contribution >= 4 is 21.4 Å². The topological polar surface area (TPSA) is 12.0 Å². The zero-order chi connectivity index (χ0) is 24.4. The number of benzene rings is 5. The second-order valence-electron chi connectivity index (χ2n) is 10.1. The highest BCUT2D eigenvalue weighted by atomic mass is 32.1. The minimum absolute atomic E-state index is 0.303. The van der Waals surface area contributed by atoms with Crippen LogP contribution >= 0.6 is 11.3 Å². The summed E-state index contributed by atoms with van der Waals surface area (Å²) >= 11 is 1.94. The van der Waals surface area contributed by atoms with Crippen LogP contribution in [-0.4, -0.2) is 0 Å². The van der Waals surface area contributed by atoms with Crippen LogP contribution in [0.3, 0.4) is 0 Å². The Morgan fingerprint density at radius 3 is 2.08 bits per heavy atom. The second kappa shape index (κ2) is 8.01. The minimum Gasteiger partial charge on any atom is -0.309 e. The number of hydrogen-bond acceptors (Lipinski definition) is 2. The third-order valence-electron chi connectivity index (χ3n) is 8.18. The molecule has 0 aliphatic heterocycles. The Bertz CT molecular complexity index is 1810. The van der Waals surface area contributed by atoms with Crippen molar-refractivity contribution in [2.75, 3.05) is 0 Å². The van der Waals surface area contributed by atoms with Gasteiger partial charge < -0.3 is 5.32 Å². The van der Waals surface area contributed by atoms with Crippen molar-refractivity contribution in [1.82, 2.24) is 5.32 Å². The molecule has 8 rings (SSSR count). The van der Waals surface area contributed by atoms with Gasteiger partial charge in [-0.3, -0.25) is 0 Å². The van der Waals surface area contributed by atoms with Gasteiger partial charge in [-0.2, -0.15) is 0 Å². The molecule has 1 heterocycles. The van der Waals surface area contributed by atoms with Crippen molar-refractivity contribution in [3.8, 4) is 21.6 Å². The Morgan fingerprint density at radius 2 is 1.22 bits per heavy atom. The molecule has 1 spiro atoms. The summed E-state index contributed by atoms with van der Waals surface area (Å²) in [6.45, 7) is 1.68. The molecule has 1 atom stereocenters. The van der Waals surface area contributed by atoms with E-state index in [9.17, 15) is 0 Å². The van der Waals surface area contributed by atoms with Crippen molar-refractivity contribution in [3.63, 3.8) is 0 Å². The molecule has 5 aromatic carbocycles. The SMILES string of the molecule is c1ccc(CNCc2cccc3c2C2(c4ccccc4-3)c3ccccc3-c3sc4ccccc4c32)cc1. The number of rotatable bonds is 4. The van der Waals surface area contributed by atoms with Crippen LogP contribution in [0.15, 0.2) is 121 Å². The quantitative estimate of drug-likeness (QED) is 0.260. The molecule has 2 aliphatic carbocycles. The molecule has 0 fully saturated rings. The first kappa shape index (κ1) is 21.1. The molecule has 0 saturated carbocycles. The first-order chi connectivity index (χ1) is 18.4. The molecule has 0 saturated heterocycles. The summed E-state index contributed by atoms with van der Waals surface area (Å²) in [6.07, 6.45) is 0. The lowest BCUT2D eigenvalue weighted by Crippen LogP contribution is -2.28. The van der Waals surface area contributed by atoms with Crippen LogP contribution < -0.4 is 5.32 Å². The zero-order valence-electron chi connectivity index (χ0n) is 20.4. The molecule has 2 aliphatic rings. The Hall–Kier alpha value is -3.98. The summed E-state index contributed by atoms with van der Waals surface area (Å²) in [4.78, 5) is 1.42. The van der Waals surface area contributed by atoms with Gasteiger partial charge in [-0.1, -0.05) is 115 Å². The van der Waals surface area contributed by atoms with E-state index in [0.717, 1.165) is 13.1 Å². The van der Waals surface area contributed by atoms with E-state index >= 15 is 0 Å². The first-order valence-electron chi connectivity index (χ1n) is 13.0. The Kier molecular flexibility index (Phi) is 4.58. The monoisotopic (exact) mass is 491 g/mol. The van der Waals surface area contributed by atoms with E-state index in [1.54, 1.807) is 0 Å². The van der Waals surface area contributed by atoms with Crippen molar-refractivity contribution in [1.29, 1.82) is 0 Å². The van der Waals surface area contributed by atoms with Gasteiger partial charge in [0.05, 0.1) is 5.41 Å². The maximum Gasteiger partial charge on any atom is 0.0743 e. The summed E-state index contributed by atoms with van der Waals surface area (Å²) in [7, 11) is 0. The molecule has 0 bridgehead atoms. The Morgan fingerprint density at radius 1 is 0.541 bits per heavy atom. The smallest absolute Gasteiger partial charge is 0.0743 e. The van der Waals surface area contributed by atoms with Gasteiger partial charge in [-0.15, -0.1) is 11.3 Å². The van der Waals surface area contributed by atoms with Gasteiger partial charge in [0.25, 0.3) is 0 Å². The van der Waals surface area contributed by atoms with E-state index in [-0.39, 0.29) is 5.41 Å². The van der Waals surface area contributed by atoms with Gasteiger partial charge >= 0.3 is 0 Å². The van der Waals surface area contributed by atoms with Crippen molar-refractivity contribution < 1.29 is 0 Å². The fourth-order valence-electron chi connectivity index (χ4n) is 6.82. The maximum absolute atomic E-state index is 3.76. The fraction of sp³-hybridized carbons (Fsp3) is 0.0857. The highest BCUT2D eigenvalue weighted by Gasteiger charge is 2.54. The molecule has 0 amide bonds. The van der Waals surface area contributed by atoms with Crippen molar-refractivity contribution in [2.24, 2.45) is 0 Å². The fourth-order valence-corrected chi connectivity index (χ4v) is 8.12. The van der Waals surface area contributed by atoms with Crippen LogP contribution in [0.1, 0.15) is 33.4 Å². The molecule has 176 valence electrons. The lowest BCUT2D eigenvalue weighted by Gasteiger charge is -2.32. The molecule has 0 radical (unpaired) electrons. The highest BCUT2D eigenvalue weighted by Crippen LogP contribution is 2.66. The number of fused-ring (bicyclic) bond motifs is 12. The molecular formula is C35H25NS. The summed E-state index contributed by atoms with van der Waals surface area (Å²) in [5, 5.41) is 5.15. The molecule has 37 heavy (non-hydrogen) atoms. The molecule has 2 heteroatoms. The van der Waals surface area contributed by atoms with Gasteiger partial charge in [0, 0.05) is 22.7 Å². The van der Waals surface area contributed by atoms with E-state index in [1.165, 1.54) is 65.0 Å². The molecule has 6 aromatic rings. The third kappa shape index (κ3) is 2.83. The molecule has 1 aromatic heterocycles. The second-order valence-corrected chi connectivity index (χ2v) is 11.1. The van der Waals surface area contributed by atoms with E-state index in [2.05, 4.69) is 127 Å². The van der Waals surface area contributed by atoms with Gasteiger partial charge in [0.2, 0.25) is 0 Å². The van der Waals surface area contributed by atoms with Crippen LogP contribution in [0.5, 0.6) is 0 Å². The van der Waals surface area contributed by atoms with Gasteiger partial charge in [0.1, 0.15) is 0 Å². The summed E-state index contributed by atoms with van der Waals surface area (Å²) in [5.74, 6) is 0. The normalized spacial score (nSPS) is 16.5. The lowest BCUT2D eigenvalue weighted by molar-refractivity contribution is 0.676. The van der Waals surface area contributed by atoms with Crippen LogP contribution in [-0.2, 0) is 18.5 Å². The molecule has 1 N–H and O–H groups in total. The van der Waals surface area contributed by atoms with E-state index in [4.69, 9.17) is 0 Å². The van der Waals surface area contributed by atoms with E-state index in [0.29, 0.717) is 0 Å². The summed E-state index contributed by atoms with van der Waals surface area (Å²) in [6, 6.07) is 44.8. The lowest BCUT2D eigenvalue weighted by atomic mass is 9.69. The van der Waals surface area contributed by atoms with Gasteiger partial charge in [0.15, 0.2) is 0 Å². The van der Waals surface area contributed by atoms with Crippen LogP contribution in [0.25, 0.3) is 31.7 Å². The zero-order valence-corrected chi connectivity index (χ0v) is 21.2. The number of hydrogen-bond donors (Lipinski definition) is 1. The summed E-state index contributed by atoms with van der Waals surface area (Å²) < 4.78 is 1.37. The standard InChI is InChI=1S/C35H25NS/c1-2-11-23(12-3-1)21-36-22-24-13-10-17-26-25-14-4-7-18-29(25)35(32(24)26)30-19-8-5-15-27(30)34-33(35)28-16-6-9-20-31(28)37-34/h1-20,36H,21-22H2. The average molecular weight is 492 g/mol. The van der Waals surface area contributed by atoms with Crippen molar-refractivity contribution in [2.45, 2.75) is 18.5 Å². The number of thiophene rings is 1. The van der Waals surface area contributed by atoms with Crippen LogP contribution in [0, 0.1) is 0 Å². The molecular weight excluding hydrogens is 466 g/mol. The number of nitrogens with one attached hydrogen (secondary N) is 1. The van der Waals surface area contributed by atoms with E-state index in [1.807, 2.05) is 11.3 Å². The summed E-state index contributed by atoms with van der Waals surface area (Å²) in [5.41, 5.74) is 12.2. The highest BCUT2D eigenvalue weighted by molar-refractivity contribution is 7.22. The Labute approximate surface area is 221 Å². The van der Waals surface area contributed by atoms with Crippen LogP contribution in [0.4, 0.5) is 0 Å².